The second-order valence-electron chi connectivity index (χ2n) is 3.64. The van der Waals surface area contributed by atoms with E-state index in [2.05, 4.69) is 23.7 Å². The van der Waals surface area contributed by atoms with Gasteiger partial charge in [0.25, 0.3) is 0 Å². The molecule has 0 radical (unpaired) electrons. The van der Waals surface area contributed by atoms with Gasteiger partial charge < -0.3 is 10.1 Å². The third kappa shape index (κ3) is 3.59. The molecule has 1 aromatic heterocycles. The minimum Gasteiger partial charge on any atom is -0.385 e. The van der Waals surface area contributed by atoms with Crippen LogP contribution in [0.5, 0.6) is 0 Å². The van der Waals surface area contributed by atoms with Crippen LogP contribution in [0.1, 0.15) is 36.2 Å². The first kappa shape index (κ1) is 12.7. The molecule has 3 heteroatoms. The zero-order chi connectivity index (χ0) is 11.1. The van der Waals surface area contributed by atoms with Crippen LogP contribution >= 0.6 is 11.3 Å². The van der Waals surface area contributed by atoms with Crippen molar-refractivity contribution in [2.75, 3.05) is 20.8 Å². The van der Waals surface area contributed by atoms with E-state index in [1.165, 1.54) is 10.4 Å². The molecule has 86 valence electrons. The van der Waals surface area contributed by atoms with E-state index in [9.17, 15) is 0 Å². The van der Waals surface area contributed by atoms with E-state index >= 15 is 0 Å². The molecule has 0 saturated carbocycles. The van der Waals surface area contributed by atoms with Gasteiger partial charge in [0.15, 0.2) is 0 Å². The molecule has 1 atom stereocenters. The van der Waals surface area contributed by atoms with Crippen LogP contribution < -0.4 is 5.32 Å². The van der Waals surface area contributed by atoms with Crippen molar-refractivity contribution in [2.24, 2.45) is 0 Å². The van der Waals surface area contributed by atoms with Gasteiger partial charge in [-0.15, -0.1) is 11.3 Å². The zero-order valence-corrected chi connectivity index (χ0v) is 10.7. The number of aryl methyl sites for hydroxylation is 1. The van der Waals surface area contributed by atoms with E-state index in [1.54, 1.807) is 7.11 Å². The van der Waals surface area contributed by atoms with Crippen molar-refractivity contribution in [1.29, 1.82) is 0 Å². The third-order valence-corrected chi connectivity index (χ3v) is 3.74. The first-order valence-electron chi connectivity index (χ1n) is 5.56. The molecule has 0 fully saturated rings. The van der Waals surface area contributed by atoms with E-state index in [-0.39, 0.29) is 0 Å². The predicted octanol–water partition coefficient (Wildman–Crippen LogP) is 3.00. The Morgan fingerprint density at radius 2 is 2.33 bits per heavy atom. The van der Waals surface area contributed by atoms with E-state index in [0.29, 0.717) is 6.04 Å². The van der Waals surface area contributed by atoms with Gasteiger partial charge in [-0.1, -0.05) is 6.92 Å². The molecule has 0 bridgehead atoms. The summed E-state index contributed by atoms with van der Waals surface area (Å²) in [6.07, 6.45) is 3.39. The fourth-order valence-corrected chi connectivity index (χ4v) is 2.93. The molecule has 0 spiro atoms. The van der Waals surface area contributed by atoms with Crippen LogP contribution in [0.25, 0.3) is 0 Å². The van der Waals surface area contributed by atoms with Gasteiger partial charge in [0.05, 0.1) is 0 Å². The molecule has 0 aromatic carbocycles. The molecule has 1 N–H and O–H groups in total. The highest BCUT2D eigenvalue weighted by Crippen LogP contribution is 2.27. The third-order valence-electron chi connectivity index (χ3n) is 2.67. The fraction of sp³-hybridized carbons (Fsp3) is 0.667. The Bertz CT molecular complexity index is 272. The van der Waals surface area contributed by atoms with Crippen molar-refractivity contribution in [3.8, 4) is 0 Å². The van der Waals surface area contributed by atoms with Gasteiger partial charge in [-0.05, 0) is 43.3 Å². The predicted molar refractivity (Wildman–Crippen MR) is 66.6 cm³/mol. The van der Waals surface area contributed by atoms with Crippen LogP contribution in [0, 0.1) is 0 Å². The van der Waals surface area contributed by atoms with Crippen molar-refractivity contribution in [1.82, 2.24) is 5.32 Å². The Morgan fingerprint density at radius 3 is 2.93 bits per heavy atom. The van der Waals surface area contributed by atoms with Gasteiger partial charge in [0, 0.05) is 24.6 Å². The number of rotatable bonds is 7. The molecule has 1 rings (SSSR count). The van der Waals surface area contributed by atoms with Crippen LogP contribution in [-0.2, 0) is 11.2 Å². The molecule has 0 amide bonds. The standard InChI is InChI=1S/C12H21NOS/c1-4-10-7-9-15-12(10)11(13-2)6-5-8-14-3/h7,9,11,13H,4-6,8H2,1-3H3. The summed E-state index contributed by atoms with van der Waals surface area (Å²) in [7, 11) is 3.80. The highest BCUT2D eigenvalue weighted by Gasteiger charge is 2.13. The molecule has 1 aromatic rings. The quantitative estimate of drug-likeness (QED) is 0.723. The molecule has 1 unspecified atom stereocenters. The topological polar surface area (TPSA) is 21.3 Å². The zero-order valence-electron chi connectivity index (χ0n) is 9.88. The average molecular weight is 227 g/mol. The molecular weight excluding hydrogens is 206 g/mol. The molecule has 0 aliphatic carbocycles. The Balaban J connectivity index is 2.57. The molecule has 0 aliphatic heterocycles. The first-order chi connectivity index (χ1) is 7.33. The maximum atomic E-state index is 5.09. The number of hydrogen-bond acceptors (Lipinski definition) is 3. The number of nitrogens with one attached hydrogen (secondary N) is 1. The van der Waals surface area contributed by atoms with E-state index in [4.69, 9.17) is 4.74 Å². The minimum absolute atomic E-state index is 0.495. The minimum atomic E-state index is 0.495. The summed E-state index contributed by atoms with van der Waals surface area (Å²) in [6, 6.07) is 2.73. The van der Waals surface area contributed by atoms with Crippen LogP contribution in [0.2, 0.25) is 0 Å². The SMILES string of the molecule is CCc1ccsc1C(CCCOC)NC. The van der Waals surface area contributed by atoms with Crippen LogP contribution in [0.15, 0.2) is 11.4 Å². The monoisotopic (exact) mass is 227 g/mol. The van der Waals surface area contributed by atoms with E-state index < -0.39 is 0 Å². The second-order valence-corrected chi connectivity index (χ2v) is 4.59. The molecule has 2 nitrogen and oxygen atoms in total. The highest BCUT2D eigenvalue weighted by atomic mass is 32.1. The number of hydrogen-bond donors (Lipinski definition) is 1. The summed E-state index contributed by atoms with van der Waals surface area (Å²) in [4.78, 5) is 1.50. The number of ether oxygens (including phenoxy) is 1. The highest BCUT2D eigenvalue weighted by molar-refractivity contribution is 7.10. The second kappa shape index (κ2) is 6.99. The van der Waals surface area contributed by atoms with Gasteiger partial charge in [0.1, 0.15) is 0 Å². The van der Waals surface area contributed by atoms with Crippen molar-refractivity contribution in [3.05, 3.63) is 21.9 Å². The molecule has 0 saturated heterocycles. The summed E-state index contributed by atoms with van der Waals surface area (Å²) in [6.45, 7) is 3.07. The largest absolute Gasteiger partial charge is 0.385 e. The van der Waals surface area contributed by atoms with Gasteiger partial charge >= 0.3 is 0 Å². The molecule has 15 heavy (non-hydrogen) atoms. The van der Waals surface area contributed by atoms with Crippen molar-refractivity contribution < 1.29 is 4.74 Å². The molecule has 0 aliphatic rings. The van der Waals surface area contributed by atoms with Gasteiger partial charge in [-0.3, -0.25) is 0 Å². The lowest BCUT2D eigenvalue weighted by atomic mass is 10.1. The van der Waals surface area contributed by atoms with Crippen molar-refractivity contribution >= 4 is 11.3 Å². The molecule has 1 heterocycles. The Hall–Kier alpha value is -0.380. The lowest BCUT2D eigenvalue weighted by Gasteiger charge is -2.16. The van der Waals surface area contributed by atoms with E-state index in [0.717, 1.165) is 25.9 Å². The van der Waals surface area contributed by atoms with E-state index in [1.807, 2.05) is 18.4 Å². The summed E-state index contributed by atoms with van der Waals surface area (Å²) >= 11 is 1.86. The summed E-state index contributed by atoms with van der Waals surface area (Å²) < 4.78 is 5.09. The molecular formula is C12H21NOS. The summed E-state index contributed by atoms with van der Waals surface area (Å²) in [5, 5.41) is 5.58. The fourth-order valence-electron chi connectivity index (χ4n) is 1.78. The van der Waals surface area contributed by atoms with Crippen LogP contribution in [-0.4, -0.2) is 20.8 Å². The van der Waals surface area contributed by atoms with Crippen LogP contribution in [0.3, 0.4) is 0 Å². The Kier molecular flexibility index (Phi) is 5.91. The Morgan fingerprint density at radius 1 is 1.53 bits per heavy atom. The summed E-state index contributed by atoms with van der Waals surface area (Å²) in [5.74, 6) is 0. The smallest absolute Gasteiger partial charge is 0.0462 e. The normalized spacial score (nSPS) is 13.0. The lowest BCUT2D eigenvalue weighted by molar-refractivity contribution is 0.189. The van der Waals surface area contributed by atoms with Gasteiger partial charge in [0.2, 0.25) is 0 Å². The van der Waals surface area contributed by atoms with Crippen molar-refractivity contribution in [2.45, 2.75) is 32.2 Å². The summed E-state index contributed by atoms with van der Waals surface area (Å²) in [5.41, 5.74) is 1.48. The van der Waals surface area contributed by atoms with Crippen LogP contribution in [0.4, 0.5) is 0 Å². The Labute approximate surface area is 96.7 Å². The lowest BCUT2D eigenvalue weighted by Crippen LogP contribution is -2.16. The van der Waals surface area contributed by atoms with Crippen molar-refractivity contribution in [3.63, 3.8) is 0 Å². The maximum absolute atomic E-state index is 5.09. The average Bonchev–Trinajstić information content (AvgIpc) is 2.72. The van der Waals surface area contributed by atoms with Gasteiger partial charge in [-0.25, -0.2) is 0 Å². The first-order valence-corrected chi connectivity index (χ1v) is 6.43. The number of thiophene rings is 1. The maximum Gasteiger partial charge on any atom is 0.0462 e. The van der Waals surface area contributed by atoms with Gasteiger partial charge in [-0.2, -0.15) is 0 Å². The number of methoxy groups -OCH3 is 1.